The van der Waals surface area contributed by atoms with Gasteiger partial charge in [0.15, 0.2) is 5.82 Å². The predicted octanol–water partition coefficient (Wildman–Crippen LogP) is 1.09. The molecule has 1 atom stereocenters. The van der Waals surface area contributed by atoms with Crippen molar-refractivity contribution in [1.82, 2.24) is 24.9 Å². The normalized spacial score (nSPS) is 20.1. The van der Waals surface area contributed by atoms with Crippen LogP contribution in [0, 0.1) is 0 Å². The molecule has 19 heavy (non-hydrogen) atoms. The number of piperidine rings is 1. The maximum absolute atomic E-state index is 4.54. The van der Waals surface area contributed by atoms with E-state index in [9.17, 15) is 0 Å². The summed E-state index contributed by atoms with van der Waals surface area (Å²) in [5.41, 5.74) is 0.853. The van der Waals surface area contributed by atoms with Crippen LogP contribution in [0.25, 0.3) is 5.65 Å². The van der Waals surface area contributed by atoms with Crippen molar-refractivity contribution in [2.75, 3.05) is 24.5 Å². The summed E-state index contributed by atoms with van der Waals surface area (Å²) in [5, 5.41) is 11.6. The fraction of sp³-hybridized carbons (Fsp3) is 0.615. The molecule has 0 spiro atoms. The molecule has 0 aliphatic carbocycles. The van der Waals surface area contributed by atoms with Crippen molar-refractivity contribution in [2.24, 2.45) is 0 Å². The fourth-order valence-corrected chi connectivity index (χ4v) is 2.75. The second-order valence-electron chi connectivity index (χ2n) is 4.96. The van der Waals surface area contributed by atoms with Gasteiger partial charge in [0.2, 0.25) is 5.65 Å². The van der Waals surface area contributed by atoms with Crippen LogP contribution in [0.15, 0.2) is 18.7 Å². The second kappa shape index (κ2) is 5.52. The van der Waals surface area contributed by atoms with Gasteiger partial charge in [0.1, 0.15) is 6.33 Å². The van der Waals surface area contributed by atoms with E-state index >= 15 is 0 Å². The summed E-state index contributed by atoms with van der Waals surface area (Å²) < 4.78 is 1.93. The average Bonchev–Trinajstić information content (AvgIpc) is 2.94. The molecular formula is C13H20N6. The first kappa shape index (κ1) is 12.3. The first-order valence-electron chi connectivity index (χ1n) is 7.02. The van der Waals surface area contributed by atoms with E-state index in [-0.39, 0.29) is 0 Å². The Morgan fingerprint density at radius 2 is 2.37 bits per heavy atom. The fourth-order valence-electron chi connectivity index (χ4n) is 2.75. The number of nitrogens with one attached hydrogen (secondary N) is 1. The molecule has 1 fully saturated rings. The van der Waals surface area contributed by atoms with E-state index in [0.29, 0.717) is 6.04 Å². The molecule has 0 saturated carbocycles. The van der Waals surface area contributed by atoms with Crippen molar-refractivity contribution in [1.29, 1.82) is 0 Å². The Bertz CT molecular complexity index is 537. The molecule has 1 aliphatic rings. The highest BCUT2D eigenvalue weighted by atomic mass is 15.3. The van der Waals surface area contributed by atoms with Gasteiger partial charge in [-0.05, 0) is 25.8 Å². The molecule has 0 amide bonds. The molecular weight excluding hydrogens is 240 g/mol. The van der Waals surface area contributed by atoms with Gasteiger partial charge in [0, 0.05) is 31.5 Å². The molecule has 0 bridgehead atoms. The highest BCUT2D eigenvalue weighted by Gasteiger charge is 2.25. The van der Waals surface area contributed by atoms with Crippen LogP contribution in [0.5, 0.6) is 0 Å². The Morgan fingerprint density at radius 3 is 3.26 bits per heavy atom. The lowest BCUT2D eigenvalue weighted by molar-refractivity contribution is 0.437. The lowest BCUT2D eigenvalue weighted by Crippen LogP contribution is -2.46. The predicted molar refractivity (Wildman–Crippen MR) is 74.3 cm³/mol. The zero-order valence-electron chi connectivity index (χ0n) is 11.3. The molecule has 3 rings (SSSR count). The number of hydrogen-bond acceptors (Lipinski definition) is 5. The largest absolute Gasteiger partial charge is 0.349 e. The van der Waals surface area contributed by atoms with E-state index in [1.807, 2.05) is 16.8 Å². The summed E-state index contributed by atoms with van der Waals surface area (Å²) in [5.74, 6) is 0.961. The molecule has 1 N–H and O–H groups in total. The van der Waals surface area contributed by atoms with Crippen LogP contribution in [0.4, 0.5) is 5.82 Å². The van der Waals surface area contributed by atoms with E-state index in [4.69, 9.17) is 0 Å². The number of fused-ring (bicyclic) bond motifs is 1. The van der Waals surface area contributed by atoms with Crippen molar-refractivity contribution in [3.8, 4) is 0 Å². The SMILES string of the molecule is CCNCC1CCCCN1c1nccn2cnnc12. The Hall–Kier alpha value is -1.69. The standard InChI is InChI=1S/C13H20N6/c1-2-14-9-11-5-3-4-7-19(11)12-13-17-16-10-18(13)8-6-15-12/h6,8,10-11,14H,2-5,7,9H2,1H3. The highest BCUT2D eigenvalue weighted by molar-refractivity contribution is 5.63. The number of rotatable bonds is 4. The minimum atomic E-state index is 0.504. The third kappa shape index (κ3) is 2.40. The molecule has 1 saturated heterocycles. The smallest absolute Gasteiger partial charge is 0.203 e. The first-order valence-corrected chi connectivity index (χ1v) is 7.02. The van der Waals surface area contributed by atoms with Gasteiger partial charge >= 0.3 is 0 Å². The van der Waals surface area contributed by atoms with Gasteiger partial charge in [0.25, 0.3) is 0 Å². The zero-order valence-corrected chi connectivity index (χ0v) is 11.3. The van der Waals surface area contributed by atoms with Crippen LogP contribution in [0.3, 0.4) is 0 Å². The molecule has 2 aromatic heterocycles. The van der Waals surface area contributed by atoms with Crippen molar-refractivity contribution in [2.45, 2.75) is 32.2 Å². The van der Waals surface area contributed by atoms with Crippen molar-refractivity contribution in [3.05, 3.63) is 18.7 Å². The molecule has 6 nitrogen and oxygen atoms in total. The highest BCUT2D eigenvalue weighted by Crippen LogP contribution is 2.25. The van der Waals surface area contributed by atoms with E-state index in [2.05, 4.69) is 32.3 Å². The summed E-state index contributed by atoms with van der Waals surface area (Å²) in [6, 6.07) is 0.504. The molecule has 2 aromatic rings. The van der Waals surface area contributed by atoms with Crippen LogP contribution >= 0.6 is 0 Å². The lowest BCUT2D eigenvalue weighted by atomic mass is 10.0. The van der Waals surface area contributed by atoms with Gasteiger partial charge in [-0.25, -0.2) is 4.98 Å². The number of anilines is 1. The monoisotopic (exact) mass is 260 g/mol. The van der Waals surface area contributed by atoms with Crippen molar-refractivity contribution < 1.29 is 0 Å². The molecule has 0 radical (unpaired) electrons. The van der Waals surface area contributed by atoms with Gasteiger partial charge in [-0.3, -0.25) is 4.40 Å². The second-order valence-corrected chi connectivity index (χ2v) is 4.96. The van der Waals surface area contributed by atoms with Crippen molar-refractivity contribution >= 4 is 11.5 Å². The lowest BCUT2D eigenvalue weighted by Gasteiger charge is -2.36. The van der Waals surface area contributed by atoms with E-state index < -0.39 is 0 Å². The molecule has 102 valence electrons. The maximum Gasteiger partial charge on any atom is 0.203 e. The number of nitrogens with zero attached hydrogens (tertiary/aromatic N) is 5. The number of aromatic nitrogens is 4. The molecule has 0 aromatic carbocycles. The van der Waals surface area contributed by atoms with E-state index in [1.165, 1.54) is 19.3 Å². The summed E-state index contributed by atoms with van der Waals surface area (Å²) in [6.45, 7) is 5.21. The van der Waals surface area contributed by atoms with Gasteiger partial charge < -0.3 is 10.2 Å². The van der Waals surface area contributed by atoms with E-state index in [0.717, 1.165) is 31.1 Å². The van der Waals surface area contributed by atoms with Crippen molar-refractivity contribution in [3.63, 3.8) is 0 Å². The van der Waals surface area contributed by atoms with Crippen LogP contribution in [-0.4, -0.2) is 45.3 Å². The summed E-state index contributed by atoms with van der Waals surface area (Å²) in [7, 11) is 0. The topological polar surface area (TPSA) is 58.4 Å². The van der Waals surface area contributed by atoms with Crippen LogP contribution in [0.2, 0.25) is 0 Å². The molecule has 3 heterocycles. The zero-order chi connectivity index (χ0) is 13.1. The Labute approximate surface area is 112 Å². The van der Waals surface area contributed by atoms with Gasteiger partial charge in [0.05, 0.1) is 0 Å². The van der Waals surface area contributed by atoms with Crippen LogP contribution < -0.4 is 10.2 Å². The summed E-state index contributed by atoms with van der Waals surface area (Å²) >= 11 is 0. The van der Waals surface area contributed by atoms with Gasteiger partial charge in [-0.15, -0.1) is 10.2 Å². The third-order valence-corrected chi connectivity index (χ3v) is 3.73. The Morgan fingerprint density at radius 1 is 1.42 bits per heavy atom. The number of likely N-dealkylation sites (N-methyl/N-ethyl adjacent to an activating group) is 1. The average molecular weight is 260 g/mol. The number of hydrogen-bond donors (Lipinski definition) is 1. The molecule has 1 unspecified atom stereocenters. The quantitative estimate of drug-likeness (QED) is 0.892. The van der Waals surface area contributed by atoms with Crippen LogP contribution in [-0.2, 0) is 0 Å². The third-order valence-electron chi connectivity index (χ3n) is 3.73. The van der Waals surface area contributed by atoms with Crippen LogP contribution in [0.1, 0.15) is 26.2 Å². The van der Waals surface area contributed by atoms with E-state index in [1.54, 1.807) is 6.33 Å². The van der Waals surface area contributed by atoms with Gasteiger partial charge in [-0.2, -0.15) is 0 Å². The molecule has 6 heteroatoms. The molecule has 1 aliphatic heterocycles. The Kier molecular flexibility index (Phi) is 3.59. The Balaban J connectivity index is 1.91. The minimum Gasteiger partial charge on any atom is -0.349 e. The summed E-state index contributed by atoms with van der Waals surface area (Å²) in [6.07, 6.45) is 9.17. The summed E-state index contributed by atoms with van der Waals surface area (Å²) in [4.78, 5) is 6.92. The minimum absolute atomic E-state index is 0.504. The first-order chi connectivity index (χ1) is 9.40. The van der Waals surface area contributed by atoms with Gasteiger partial charge in [-0.1, -0.05) is 6.92 Å². The maximum atomic E-state index is 4.54.